The maximum Gasteiger partial charge on any atom is 0.140 e. The lowest BCUT2D eigenvalue weighted by Gasteiger charge is -2.11. The van der Waals surface area contributed by atoms with E-state index in [4.69, 9.17) is 10.5 Å². The predicted molar refractivity (Wildman–Crippen MR) is 63.4 cm³/mol. The third-order valence-corrected chi connectivity index (χ3v) is 2.62. The molecule has 76 valence electrons. The predicted octanol–water partition coefficient (Wildman–Crippen LogP) is 2.82. The zero-order valence-electron chi connectivity index (χ0n) is 8.22. The summed E-state index contributed by atoms with van der Waals surface area (Å²) in [6.07, 6.45) is 0.785. The van der Waals surface area contributed by atoms with Crippen molar-refractivity contribution in [2.75, 3.05) is 13.7 Å². The van der Waals surface area contributed by atoms with Gasteiger partial charge < -0.3 is 10.5 Å². The highest BCUT2D eigenvalue weighted by molar-refractivity contribution is 9.10. The number of benzene rings is 1. The molecule has 1 aromatic carbocycles. The normalized spacial score (nSPS) is 9.93. The van der Waals surface area contributed by atoms with Gasteiger partial charge in [0.05, 0.1) is 11.6 Å². The third kappa shape index (κ3) is 2.36. The Morgan fingerprint density at radius 1 is 1.57 bits per heavy atom. The fourth-order valence-electron chi connectivity index (χ4n) is 1.30. The summed E-state index contributed by atoms with van der Waals surface area (Å²) >= 11 is 3.43. The van der Waals surface area contributed by atoms with Crippen molar-refractivity contribution in [3.8, 4) is 5.75 Å². The second kappa shape index (κ2) is 5.17. The monoisotopic (exact) mass is 255 g/mol. The molecule has 0 atom stereocenters. The van der Waals surface area contributed by atoms with Crippen LogP contribution in [-0.2, 0) is 0 Å². The quantitative estimate of drug-likeness (QED) is 0.899. The molecule has 14 heavy (non-hydrogen) atoms. The average Bonchev–Trinajstić information content (AvgIpc) is 2.17. The Hall–Kier alpha value is -0.800. The van der Waals surface area contributed by atoms with Crippen molar-refractivity contribution in [1.82, 2.24) is 0 Å². The van der Waals surface area contributed by atoms with Crippen LogP contribution in [0, 0.1) is 0 Å². The molecular formula is C11H14BrNO. The Labute approximate surface area is 92.9 Å². The first-order valence-electron chi connectivity index (χ1n) is 4.41. The average molecular weight is 256 g/mol. The van der Waals surface area contributed by atoms with E-state index in [1.54, 1.807) is 7.11 Å². The van der Waals surface area contributed by atoms with Gasteiger partial charge in [0.1, 0.15) is 5.75 Å². The fourth-order valence-corrected chi connectivity index (χ4v) is 1.83. The first-order chi connectivity index (χ1) is 6.70. The van der Waals surface area contributed by atoms with Crippen molar-refractivity contribution in [3.05, 3.63) is 34.8 Å². The van der Waals surface area contributed by atoms with Crippen LogP contribution < -0.4 is 10.5 Å². The van der Waals surface area contributed by atoms with Crippen LogP contribution in [0.4, 0.5) is 0 Å². The van der Waals surface area contributed by atoms with Gasteiger partial charge in [-0.1, -0.05) is 18.7 Å². The van der Waals surface area contributed by atoms with Gasteiger partial charge in [-0.25, -0.2) is 0 Å². The molecule has 0 aromatic heterocycles. The fraction of sp³-hybridized carbons (Fsp3) is 0.273. The van der Waals surface area contributed by atoms with E-state index in [1.165, 1.54) is 0 Å². The third-order valence-electron chi connectivity index (χ3n) is 2.00. The number of halogens is 1. The van der Waals surface area contributed by atoms with Gasteiger partial charge in [-0.2, -0.15) is 0 Å². The number of methoxy groups -OCH3 is 1. The van der Waals surface area contributed by atoms with E-state index in [0.29, 0.717) is 6.54 Å². The molecule has 0 heterocycles. The van der Waals surface area contributed by atoms with Gasteiger partial charge in [-0.15, -0.1) is 0 Å². The highest BCUT2D eigenvalue weighted by atomic mass is 79.9. The Morgan fingerprint density at radius 3 is 2.86 bits per heavy atom. The Morgan fingerprint density at radius 2 is 2.29 bits per heavy atom. The van der Waals surface area contributed by atoms with Crippen molar-refractivity contribution in [1.29, 1.82) is 0 Å². The molecule has 0 aliphatic heterocycles. The van der Waals surface area contributed by atoms with Crippen molar-refractivity contribution >= 4 is 21.5 Å². The van der Waals surface area contributed by atoms with Gasteiger partial charge in [0.2, 0.25) is 0 Å². The molecular weight excluding hydrogens is 242 g/mol. The Kier molecular flexibility index (Phi) is 4.17. The summed E-state index contributed by atoms with van der Waals surface area (Å²) in [5.41, 5.74) is 7.51. The SMILES string of the molecule is C=C(CCN)c1cccc(Br)c1OC. The first kappa shape index (κ1) is 11.3. The molecule has 0 saturated heterocycles. The van der Waals surface area contributed by atoms with E-state index in [2.05, 4.69) is 22.5 Å². The smallest absolute Gasteiger partial charge is 0.140 e. The van der Waals surface area contributed by atoms with E-state index in [0.717, 1.165) is 27.8 Å². The molecule has 0 radical (unpaired) electrons. The van der Waals surface area contributed by atoms with Gasteiger partial charge >= 0.3 is 0 Å². The first-order valence-corrected chi connectivity index (χ1v) is 5.20. The van der Waals surface area contributed by atoms with Crippen LogP contribution in [0.5, 0.6) is 5.75 Å². The van der Waals surface area contributed by atoms with Crippen LogP contribution in [-0.4, -0.2) is 13.7 Å². The molecule has 0 fully saturated rings. The maximum absolute atomic E-state index is 5.48. The summed E-state index contributed by atoms with van der Waals surface area (Å²) in [6, 6.07) is 5.89. The molecule has 2 N–H and O–H groups in total. The van der Waals surface area contributed by atoms with Crippen LogP contribution in [0.25, 0.3) is 5.57 Å². The summed E-state index contributed by atoms with van der Waals surface area (Å²) in [7, 11) is 1.65. The summed E-state index contributed by atoms with van der Waals surface area (Å²) in [5, 5.41) is 0. The van der Waals surface area contributed by atoms with Crippen LogP contribution in [0.15, 0.2) is 29.3 Å². The minimum atomic E-state index is 0.606. The zero-order valence-corrected chi connectivity index (χ0v) is 9.80. The number of hydrogen-bond donors (Lipinski definition) is 1. The minimum absolute atomic E-state index is 0.606. The molecule has 0 amide bonds. The Balaban J connectivity index is 3.07. The maximum atomic E-state index is 5.48. The van der Waals surface area contributed by atoms with E-state index < -0.39 is 0 Å². The highest BCUT2D eigenvalue weighted by Crippen LogP contribution is 2.33. The summed E-state index contributed by atoms with van der Waals surface area (Å²) in [4.78, 5) is 0. The molecule has 3 heteroatoms. The zero-order chi connectivity index (χ0) is 10.6. The van der Waals surface area contributed by atoms with Gasteiger partial charge in [-0.3, -0.25) is 0 Å². The highest BCUT2D eigenvalue weighted by Gasteiger charge is 2.08. The van der Waals surface area contributed by atoms with Crippen molar-refractivity contribution in [3.63, 3.8) is 0 Å². The van der Waals surface area contributed by atoms with E-state index in [-0.39, 0.29) is 0 Å². The van der Waals surface area contributed by atoms with Gasteiger partial charge in [0.15, 0.2) is 0 Å². The van der Waals surface area contributed by atoms with Crippen molar-refractivity contribution in [2.45, 2.75) is 6.42 Å². The second-order valence-electron chi connectivity index (χ2n) is 2.96. The van der Waals surface area contributed by atoms with E-state index in [9.17, 15) is 0 Å². The molecule has 0 spiro atoms. The Bertz CT molecular complexity index is 336. The van der Waals surface area contributed by atoms with E-state index >= 15 is 0 Å². The minimum Gasteiger partial charge on any atom is -0.495 e. The van der Waals surface area contributed by atoms with Crippen molar-refractivity contribution < 1.29 is 4.74 Å². The largest absolute Gasteiger partial charge is 0.495 e. The molecule has 0 unspecified atom stereocenters. The number of nitrogens with two attached hydrogens (primary N) is 1. The summed E-state index contributed by atoms with van der Waals surface area (Å²) < 4.78 is 6.24. The van der Waals surface area contributed by atoms with Gasteiger partial charge in [-0.05, 0) is 40.5 Å². The van der Waals surface area contributed by atoms with E-state index in [1.807, 2.05) is 18.2 Å². The lowest BCUT2D eigenvalue weighted by Crippen LogP contribution is -2.00. The van der Waals surface area contributed by atoms with Gasteiger partial charge in [0.25, 0.3) is 0 Å². The summed E-state index contributed by atoms with van der Waals surface area (Å²) in [5.74, 6) is 0.825. The standard InChI is InChI=1S/C11H14BrNO/c1-8(6-7-13)9-4-3-5-10(12)11(9)14-2/h3-5H,1,6-7,13H2,2H3. The lowest BCUT2D eigenvalue weighted by atomic mass is 10.0. The molecule has 1 rings (SSSR count). The molecule has 0 aliphatic carbocycles. The van der Waals surface area contributed by atoms with Gasteiger partial charge in [0, 0.05) is 5.56 Å². The topological polar surface area (TPSA) is 35.2 Å². The number of rotatable bonds is 4. The van der Waals surface area contributed by atoms with Crippen molar-refractivity contribution in [2.24, 2.45) is 5.73 Å². The van der Waals surface area contributed by atoms with Crippen LogP contribution in [0.1, 0.15) is 12.0 Å². The van der Waals surface area contributed by atoms with Crippen LogP contribution in [0.2, 0.25) is 0 Å². The number of hydrogen-bond acceptors (Lipinski definition) is 2. The van der Waals surface area contributed by atoms with Crippen LogP contribution >= 0.6 is 15.9 Å². The molecule has 0 bridgehead atoms. The molecule has 1 aromatic rings. The molecule has 2 nitrogen and oxygen atoms in total. The lowest BCUT2D eigenvalue weighted by molar-refractivity contribution is 0.410. The molecule has 0 saturated carbocycles. The number of ether oxygens (including phenoxy) is 1. The number of para-hydroxylation sites is 1. The second-order valence-corrected chi connectivity index (χ2v) is 3.82. The van der Waals surface area contributed by atoms with Crippen LogP contribution in [0.3, 0.4) is 0 Å². The summed E-state index contributed by atoms with van der Waals surface area (Å²) in [6.45, 7) is 4.59. The molecule has 0 aliphatic rings.